The van der Waals surface area contributed by atoms with Gasteiger partial charge >= 0.3 is 0 Å². The first-order valence-electron chi connectivity index (χ1n) is 7.98. The van der Waals surface area contributed by atoms with Gasteiger partial charge < -0.3 is 10.6 Å². The summed E-state index contributed by atoms with van der Waals surface area (Å²) in [6.07, 6.45) is 0.790. The second-order valence-corrected chi connectivity index (χ2v) is 8.55. The van der Waals surface area contributed by atoms with Crippen LogP contribution in [-0.4, -0.2) is 40.3 Å². The molecule has 1 aromatic rings. The average molecular weight is 341 g/mol. The molecule has 0 radical (unpaired) electrons. The van der Waals surface area contributed by atoms with Crippen molar-refractivity contribution in [2.24, 2.45) is 4.99 Å². The minimum absolute atomic E-state index is 0.204. The SMILES string of the molecule is CCNC(=NCCS(=O)C(C)(C)C)NCCc1ccc(F)cc1. The van der Waals surface area contributed by atoms with Gasteiger partial charge in [-0.1, -0.05) is 12.1 Å². The van der Waals surface area contributed by atoms with E-state index >= 15 is 0 Å². The standard InChI is InChI=1S/C17H28FN3OS/c1-5-19-16(21-12-13-23(22)17(2,3)4)20-11-10-14-6-8-15(18)9-7-14/h6-9H,5,10-13H2,1-4H3,(H2,19,20,21). The third-order valence-corrected chi connectivity index (χ3v) is 5.11. The van der Waals surface area contributed by atoms with Gasteiger partial charge in [0, 0.05) is 34.4 Å². The van der Waals surface area contributed by atoms with Crippen LogP contribution in [0.1, 0.15) is 33.3 Å². The lowest BCUT2D eigenvalue weighted by molar-refractivity contribution is 0.626. The molecule has 0 aliphatic carbocycles. The molecule has 2 N–H and O–H groups in total. The summed E-state index contributed by atoms with van der Waals surface area (Å²) in [5, 5.41) is 6.41. The van der Waals surface area contributed by atoms with E-state index in [9.17, 15) is 8.60 Å². The first-order chi connectivity index (χ1) is 10.8. The first kappa shape index (κ1) is 19.6. The van der Waals surface area contributed by atoms with Crippen molar-refractivity contribution in [2.75, 3.05) is 25.4 Å². The van der Waals surface area contributed by atoms with E-state index in [0.717, 1.165) is 24.5 Å². The molecule has 0 heterocycles. The maximum atomic E-state index is 12.9. The van der Waals surface area contributed by atoms with Gasteiger partial charge in [0.25, 0.3) is 0 Å². The van der Waals surface area contributed by atoms with E-state index in [1.807, 2.05) is 27.7 Å². The van der Waals surface area contributed by atoms with Crippen molar-refractivity contribution in [3.63, 3.8) is 0 Å². The number of aliphatic imine (C=N–C) groups is 1. The summed E-state index contributed by atoms with van der Waals surface area (Å²) in [4.78, 5) is 4.45. The summed E-state index contributed by atoms with van der Waals surface area (Å²) in [7, 11) is -0.894. The lowest BCUT2D eigenvalue weighted by Crippen LogP contribution is -2.38. The van der Waals surface area contributed by atoms with Crippen LogP contribution in [0.25, 0.3) is 0 Å². The van der Waals surface area contributed by atoms with Gasteiger partial charge in [-0.05, 0) is 51.8 Å². The summed E-state index contributed by atoms with van der Waals surface area (Å²) < 4.78 is 24.7. The predicted octanol–water partition coefficient (Wildman–Crippen LogP) is 2.47. The Hall–Kier alpha value is -1.43. The minimum Gasteiger partial charge on any atom is -0.357 e. The van der Waals surface area contributed by atoms with Crippen LogP contribution < -0.4 is 10.6 Å². The second-order valence-electron chi connectivity index (χ2n) is 6.23. The van der Waals surface area contributed by atoms with E-state index in [2.05, 4.69) is 15.6 Å². The van der Waals surface area contributed by atoms with E-state index in [-0.39, 0.29) is 10.6 Å². The highest BCUT2D eigenvalue weighted by Gasteiger charge is 2.18. The van der Waals surface area contributed by atoms with E-state index in [0.29, 0.717) is 18.8 Å². The average Bonchev–Trinajstić information content (AvgIpc) is 2.48. The quantitative estimate of drug-likeness (QED) is 0.592. The molecule has 6 heteroatoms. The fraction of sp³-hybridized carbons (Fsp3) is 0.588. The molecule has 0 saturated heterocycles. The van der Waals surface area contributed by atoms with Crippen molar-refractivity contribution < 1.29 is 8.60 Å². The molecule has 0 fully saturated rings. The van der Waals surface area contributed by atoms with Crippen LogP contribution in [0.5, 0.6) is 0 Å². The molecule has 1 atom stereocenters. The first-order valence-corrected chi connectivity index (χ1v) is 9.30. The molecular formula is C17H28FN3OS. The number of benzene rings is 1. The summed E-state index contributed by atoms with van der Waals surface area (Å²) in [6.45, 7) is 9.92. The maximum Gasteiger partial charge on any atom is 0.191 e. The lowest BCUT2D eigenvalue weighted by atomic mass is 10.1. The number of nitrogens with zero attached hydrogens (tertiary/aromatic N) is 1. The normalized spacial score (nSPS) is 13.7. The summed E-state index contributed by atoms with van der Waals surface area (Å²) in [5.41, 5.74) is 1.07. The summed E-state index contributed by atoms with van der Waals surface area (Å²) >= 11 is 0. The van der Waals surface area contributed by atoms with Crippen molar-refractivity contribution >= 4 is 16.8 Å². The van der Waals surface area contributed by atoms with Crippen LogP contribution in [0.2, 0.25) is 0 Å². The zero-order valence-corrected chi connectivity index (χ0v) is 15.3. The van der Waals surface area contributed by atoms with Crippen LogP contribution in [0, 0.1) is 5.82 Å². The molecule has 0 saturated carbocycles. The van der Waals surface area contributed by atoms with Gasteiger partial charge in [-0.2, -0.15) is 0 Å². The summed E-state index contributed by atoms with van der Waals surface area (Å²) in [5.74, 6) is 1.06. The minimum atomic E-state index is -0.894. The predicted molar refractivity (Wildman–Crippen MR) is 96.8 cm³/mol. The van der Waals surface area contributed by atoms with Gasteiger partial charge in [-0.25, -0.2) is 4.39 Å². The maximum absolute atomic E-state index is 12.9. The fourth-order valence-corrected chi connectivity index (χ4v) is 2.73. The highest BCUT2D eigenvalue weighted by molar-refractivity contribution is 7.86. The topological polar surface area (TPSA) is 53.5 Å². The molecule has 0 bridgehead atoms. The Morgan fingerprint density at radius 2 is 1.87 bits per heavy atom. The number of hydrogen-bond donors (Lipinski definition) is 2. The Labute approximate surface area is 141 Å². The van der Waals surface area contributed by atoms with E-state index < -0.39 is 10.8 Å². The third-order valence-electron chi connectivity index (χ3n) is 3.19. The molecule has 1 aromatic carbocycles. The van der Waals surface area contributed by atoms with Gasteiger partial charge in [0.1, 0.15) is 5.82 Å². The Morgan fingerprint density at radius 1 is 1.22 bits per heavy atom. The van der Waals surface area contributed by atoms with Crippen LogP contribution in [0.15, 0.2) is 29.3 Å². The molecule has 1 rings (SSSR count). The van der Waals surface area contributed by atoms with Gasteiger partial charge in [-0.3, -0.25) is 9.20 Å². The zero-order chi connectivity index (χ0) is 17.3. The fourth-order valence-electron chi connectivity index (χ4n) is 1.86. The highest BCUT2D eigenvalue weighted by atomic mass is 32.2. The molecule has 23 heavy (non-hydrogen) atoms. The van der Waals surface area contributed by atoms with E-state index in [1.54, 1.807) is 12.1 Å². The third kappa shape index (κ3) is 8.11. The van der Waals surface area contributed by atoms with Crippen LogP contribution in [0.3, 0.4) is 0 Å². The van der Waals surface area contributed by atoms with Crippen molar-refractivity contribution in [3.8, 4) is 0 Å². The highest BCUT2D eigenvalue weighted by Crippen LogP contribution is 2.10. The molecule has 130 valence electrons. The Balaban J connectivity index is 2.43. The molecular weight excluding hydrogens is 313 g/mol. The van der Waals surface area contributed by atoms with Crippen molar-refractivity contribution in [1.82, 2.24) is 10.6 Å². The Kier molecular flexibility index (Phi) is 8.23. The second kappa shape index (κ2) is 9.65. The zero-order valence-electron chi connectivity index (χ0n) is 14.5. The van der Waals surface area contributed by atoms with Gasteiger partial charge in [0.15, 0.2) is 5.96 Å². The monoisotopic (exact) mass is 341 g/mol. The van der Waals surface area contributed by atoms with Crippen LogP contribution in [0.4, 0.5) is 4.39 Å². The Morgan fingerprint density at radius 3 is 2.43 bits per heavy atom. The largest absolute Gasteiger partial charge is 0.357 e. The van der Waals surface area contributed by atoms with Crippen molar-refractivity contribution in [3.05, 3.63) is 35.6 Å². The molecule has 4 nitrogen and oxygen atoms in total. The molecule has 0 aliphatic rings. The van der Waals surface area contributed by atoms with Gasteiger partial charge in [-0.15, -0.1) is 0 Å². The summed E-state index contributed by atoms with van der Waals surface area (Å²) in [6, 6.07) is 6.51. The van der Waals surface area contributed by atoms with Gasteiger partial charge in [0.2, 0.25) is 0 Å². The molecule has 0 amide bonds. The molecule has 0 spiro atoms. The number of nitrogens with one attached hydrogen (secondary N) is 2. The Bertz CT molecular complexity index is 524. The molecule has 0 aliphatic heterocycles. The van der Waals surface area contributed by atoms with Crippen molar-refractivity contribution in [1.29, 1.82) is 0 Å². The molecule has 1 unspecified atom stereocenters. The number of rotatable bonds is 7. The van der Waals surface area contributed by atoms with E-state index in [1.165, 1.54) is 12.1 Å². The smallest absolute Gasteiger partial charge is 0.191 e. The van der Waals surface area contributed by atoms with Gasteiger partial charge in [0.05, 0.1) is 6.54 Å². The van der Waals surface area contributed by atoms with Crippen LogP contribution in [-0.2, 0) is 17.2 Å². The lowest BCUT2D eigenvalue weighted by Gasteiger charge is -2.17. The van der Waals surface area contributed by atoms with E-state index in [4.69, 9.17) is 0 Å². The number of guanidine groups is 1. The van der Waals surface area contributed by atoms with Crippen molar-refractivity contribution in [2.45, 2.75) is 38.9 Å². The molecule has 0 aromatic heterocycles. The number of hydrogen-bond acceptors (Lipinski definition) is 2. The number of halogens is 1. The van der Waals surface area contributed by atoms with Crippen LogP contribution >= 0.6 is 0 Å².